The number of benzene rings is 1. The van der Waals surface area contributed by atoms with Crippen molar-refractivity contribution in [1.82, 2.24) is 4.90 Å². The van der Waals surface area contributed by atoms with Crippen LogP contribution in [-0.4, -0.2) is 36.2 Å². The summed E-state index contributed by atoms with van der Waals surface area (Å²) < 4.78 is 0. The van der Waals surface area contributed by atoms with E-state index >= 15 is 0 Å². The predicted octanol–water partition coefficient (Wildman–Crippen LogP) is 2.88. The number of hydrogen-bond acceptors (Lipinski definition) is 2. The Balaban J connectivity index is 1.97. The lowest BCUT2D eigenvalue weighted by molar-refractivity contribution is 0.168. The van der Waals surface area contributed by atoms with Gasteiger partial charge in [0, 0.05) is 24.7 Å². The Bertz CT molecular complexity index is 469. The number of anilines is 1. The van der Waals surface area contributed by atoms with Crippen LogP contribution in [0.2, 0.25) is 0 Å². The molecule has 2 rings (SSSR count). The van der Waals surface area contributed by atoms with Crippen LogP contribution in [0.4, 0.5) is 10.5 Å². The molecule has 0 aliphatic heterocycles. The van der Waals surface area contributed by atoms with Crippen LogP contribution in [-0.2, 0) is 6.42 Å². The SMILES string of the molecule is CCCc1ccccc1NC(=O)N(C)CC1(CO)CC1. The molecular formula is C16H24N2O2. The Kier molecular flexibility index (Phi) is 4.65. The van der Waals surface area contributed by atoms with Crippen LogP contribution >= 0.6 is 0 Å². The van der Waals surface area contributed by atoms with Crippen molar-refractivity contribution in [2.75, 3.05) is 25.5 Å². The molecule has 4 heteroatoms. The summed E-state index contributed by atoms with van der Waals surface area (Å²) in [6.45, 7) is 2.91. The molecule has 1 aliphatic carbocycles. The van der Waals surface area contributed by atoms with Crippen LogP contribution in [0.15, 0.2) is 24.3 Å². The maximum absolute atomic E-state index is 12.2. The van der Waals surface area contributed by atoms with Gasteiger partial charge in [0.2, 0.25) is 0 Å². The third-order valence-corrected chi connectivity index (χ3v) is 3.99. The molecular weight excluding hydrogens is 252 g/mol. The van der Waals surface area contributed by atoms with Crippen molar-refractivity contribution >= 4 is 11.7 Å². The second kappa shape index (κ2) is 6.27. The maximum atomic E-state index is 12.2. The van der Waals surface area contributed by atoms with E-state index < -0.39 is 0 Å². The minimum absolute atomic E-state index is 0.0466. The van der Waals surface area contributed by atoms with Crippen LogP contribution in [0.1, 0.15) is 31.7 Å². The van der Waals surface area contributed by atoms with Gasteiger partial charge < -0.3 is 15.3 Å². The van der Waals surface area contributed by atoms with Gasteiger partial charge in [0.1, 0.15) is 0 Å². The number of aryl methyl sites for hydroxylation is 1. The van der Waals surface area contributed by atoms with E-state index in [4.69, 9.17) is 0 Å². The number of nitrogens with zero attached hydrogens (tertiary/aromatic N) is 1. The molecule has 0 spiro atoms. The van der Waals surface area contributed by atoms with E-state index in [0.29, 0.717) is 6.54 Å². The third kappa shape index (κ3) is 3.51. The minimum Gasteiger partial charge on any atom is -0.396 e. The molecule has 20 heavy (non-hydrogen) atoms. The highest BCUT2D eigenvalue weighted by Gasteiger charge is 2.43. The number of amides is 2. The van der Waals surface area contributed by atoms with Crippen LogP contribution in [0.5, 0.6) is 0 Å². The largest absolute Gasteiger partial charge is 0.396 e. The average Bonchev–Trinajstić information content (AvgIpc) is 3.21. The highest BCUT2D eigenvalue weighted by atomic mass is 16.3. The Hall–Kier alpha value is -1.55. The van der Waals surface area contributed by atoms with Gasteiger partial charge in [0.25, 0.3) is 0 Å². The molecule has 0 saturated heterocycles. The van der Waals surface area contributed by atoms with Gasteiger partial charge in [0.15, 0.2) is 0 Å². The number of urea groups is 1. The molecule has 0 aromatic heterocycles. The average molecular weight is 276 g/mol. The van der Waals surface area contributed by atoms with Crippen LogP contribution in [0.25, 0.3) is 0 Å². The number of nitrogens with one attached hydrogen (secondary N) is 1. The molecule has 0 bridgehead atoms. The number of rotatable bonds is 6. The third-order valence-electron chi connectivity index (χ3n) is 3.99. The maximum Gasteiger partial charge on any atom is 0.321 e. The first kappa shape index (κ1) is 14.9. The molecule has 1 saturated carbocycles. The number of aliphatic hydroxyl groups is 1. The molecule has 1 fully saturated rings. The number of carbonyl (C=O) groups is 1. The summed E-state index contributed by atoms with van der Waals surface area (Å²) in [6, 6.07) is 7.82. The molecule has 1 aromatic rings. The van der Waals surface area contributed by atoms with E-state index in [9.17, 15) is 9.90 Å². The summed E-state index contributed by atoms with van der Waals surface area (Å²) >= 11 is 0. The zero-order chi connectivity index (χ0) is 14.6. The number of hydrogen-bond donors (Lipinski definition) is 2. The van der Waals surface area contributed by atoms with E-state index in [-0.39, 0.29) is 18.1 Å². The highest BCUT2D eigenvalue weighted by Crippen LogP contribution is 2.45. The molecule has 1 aromatic carbocycles. The van der Waals surface area contributed by atoms with Gasteiger partial charge in [-0.05, 0) is 30.9 Å². The van der Waals surface area contributed by atoms with Gasteiger partial charge in [0.05, 0.1) is 6.61 Å². The molecule has 1 aliphatic rings. The fourth-order valence-electron chi connectivity index (χ4n) is 2.46. The quantitative estimate of drug-likeness (QED) is 0.839. The Morgan fingerprint density at radius 1 is 1.40 bits per heavy atom. The zero-order valence-electron chi connectivity index (χ0n) is 12.4. The van der Waals surface area contributed by atoms with Crippen molar-refractivity contribution in [1.29, 1.82) is 0 Å². The molecule has 0 unspecified atom stereocenters. The lowest BCUT2D eigenvalue weighted by Gasteiger charge is -2.23. The molecule has 110 valence electrons. The Morgan fingerprint density at radius 3 is 2.70 bits per heavy atom. The summed E-state index contributed by atoms with van der Waals surface area (Å²) in [5.74, 6) is 0. The summed E-state index contributed by atoms with van der Waals surface area (Å²) in [5, 5.41) is 12.3. The Morgan fingerprint density at radius 2 is 2.10 bits per heavy atom. The second-order valence-corrected chi connectivity index (χ2v) is 5.85. The van der Waals surface area contributed by atoms with Crippen molar-refractivity contribution in [3.8, 4) is 0 Å². The van der Waals surface area contributed by atoms with Crippen molar-refractivity contribution in [3.63, 3.8) is 0 Å². The molecule has 2 N–H and O–H groups in total. The van der Waals surface area contributed by atoms with Gasteiger partial charge in [-0.2, -0.15) is 0 Å². The van der Waals surface area contributed by atoms with Gasteiger partial charge in [-0.3, -0.25) is 0 Å². The molecule has 0 heterocycles. The van der Waals surface area contributed by atoms with Crippen LogP contribution < -0.4 is 5.32 Å². The molecule has 4 nitrogen and oxygen atoms in total. The molecule has 2 amide bonds. The zero-order valence-corrected chi connectivity index (χ0v) is 12.4. The second-order valence-electron chi connectivity index (χ2n) is 5.85. The first-order valence-electron chi connectivity index (χ1n) is 7.31. The highest BCUT2D eigenvalue weighted by molar-refractivity contribution is 5.90. The van der Waals surface area contributed by atoms with E-state index in [0.717, 1.165) is 31.4 Å². The molecule has 0 radical (unpaired) electrons. The summed E-state index contributed by atoms with van der Waals surface area (Å²) in [6.07, 6.45) is 4.03. The number of carbonyl (C=O) groups excluding carboxylic acids is 1. The fourth-order valence-corrected chi connectivity index (χ4v) is 2.46. The van der Waals surface area contributed by atoms with Crippen LogP contribution in [0.3, 0.4) is 0 Å². The minimum atomic E-state index is -0.103. The lowest BCUT2D eigenvalue weighted by Crippen LogP contribution is -2.37. The van der Waals surface area contributed by atoms with Crippen molar-refractivity contribution in [2.24, 2.45) is 5.41 Å². The van der Waals surface area contributed by atoms with E-state index in [1.165, 1.54) is 5.56 Å². The van der Waals surface area contributed by atoms with E-state index in [1.54, 1.807) is 11.9 Å². The monoisotopic (exact) mass is 276 g/mol. The fraction of sp³-hybridized carbons (Fsp3) is 0.562. The number of para-hydroxylation sites is 1. The van der Waals surface area contributed by atoms with Gasteiger partial charge in [-0.15, -0.1) is 0 Å². The first-order chi connectivity index (χ1) is 9.60. The van der Waals surface area contributed by atoms with E-state index in [1.807, 2.05) is 18.2 Å². The standard InChI is InChI=1S/C16H24N2O2/c1-3-6-13-7-4-5-8-14(13)17-15(20)18(2)11-16(12-19)9-10-16/h4-5,7-8,19H,3,6,9-12H2,1-2H3,(H,17,20). The molecule has 0 atom stereocenters. The first-order valence-corrected chi connectivity index (χ1v) is 7.31. The summed E-state index contributed by atoms with van der Waals surface area (Å²) in [5.41, 5.74) is 2.01. The van der Waals surface area contributed by atoms with Gasteiger partial charge in [-0.25, -0.2) is 4.79 Å². The summed E-state index contributed by atoms with van der Waals surface area (Å²) in [7, 11) is 1.79. The van der Waals surface area contributed by atoms with Crippen LogP contribution in [0, 0.1) is 5.41 Å². The van der Waals surface area contributed by atoms with Gasteiger partial charge in [-0.1, -0.05) is 31.5 Å². The number of aliphatic hydroxyl groups excluding tert-OH is 1. The van der Waals surface area contributed by atoms with Crippen molar-refractivity contribution in [3.05, 3.63) is 29.8 Å². The van der Waals surface area contributed by atoms with E-state index in [2.05, 4.69) is 18.3 Å². The van der Waals surface area contributed by atoms with Crippen molar-refractivity contribution in [2.45, 2.75) is 32.6 Å². The summed E-state index contributed by atoms with van der Waals surface area (Å²) in [4.78, 5) is 13.9. The van der Waals surface area contributed by atoms with Gasteiger partial charge >= 0.3 is 6.03 Å². The smallest absolute Gasteiger partial charge is 0.321 e. The lowest BCUT2D eigenvalue weighted by atomic mass is 10.1. The topological polar surface area (TPSA) is 52.6 Å². The Labute approximate surface area is 120 Å². The predicted molar refractivity (Wildman–Crippen MR) is 80.8 cm³/mol. The normalized spacial score (nSPS) is 15.8. The van der Waals surface area contributed by atoms with Crippen molar-refractivity contribution < 1.29 is 9.90 Å².